The number of ether oxygens (including phenoxy) is 1. The number of thiazole rings is 1. The number of aromatic nitrogens is 3. The number of benzene rings is 1. The molecular formula is C18H21BrN4O2S. The van der Waals surface area contributed by atoms with Gasteiger partial charge in [0.15, 0.2) is 0 Å². The molecule has 1 N–H and O–H groups in total. The van der Waals surface area contributed by atoms with E-state index in [1.807, 2.05) is 19.1 Å². The Bertz CT molecular complexity index is 931. The van der Waals surface area contributed by atoms with Crippen molar-refractivity contribution >= 4 is 32.2 Å². The Hall–Kier alpha value is -1.48. The smallest absolute Gasteiger partial charge is 0.230 e. The molecule has 138 valence electrons. The van der Waals surface area contributed by atoms with Crippen molar-refractivity contribution in [3.8, 4) is 5.88 Å². The minimum atomic E-state index is -0.0740. The van der Waals surface area contributed by atoms with Crippen molar-refractivity contribution in [3.05, 3.63) is 45.0 Å². The predicted molar refractivity (Wildman–Crippen MR) is 105 cm³/mol. The van der Waals surface area contributed by atoms with Gasteiger partial charge in [-0.3, -0.25) is 4.90 Å². The van der Waals surface area contributed by atoms with Crippen LogP contribution in [0.15, 0.2) is 28.7 Å². The minimum Gasteiger partial charge on any atom is -0.492 e. The number of morpholine rings is 1. The number of aryl methyl sites for hydroxylation is 1. The summed E-state index contributed by atoms with van der Waals surface area (Å²) in [6.45, 7) is 7.61. The van der Waals surface area contributed by atoms with E-state index in [1.54, 1.807) is 0 Å². The van der Waals surface area contributed by atoms with E-state index in [9.17, 15) is 5.11 Å². The lowest BCUT2D eigenvalue weighted by Gasteiger charge is -2.40. The molecule has 8 heteroatoms. The lowest BCUT2D eigenvalue weighted by Crippen LogP contribution is -2.47. The van der Waals surface area contributed by atoms with Crippen LogP contribution in [0.3, 0.4) is 0 Å². The maximum atomic E-state index is 10.9. The van der Waals surface area contributed by atoms with Crippen LogP contribution in [0.2, 0.25) is 0 Å². The van der Waals surface area contributed by atoms with Crippen LogP contribution < -0.4 is 0 Å². The van der Waals surface area contributed by atoms with Gasteiger partial charge >= 0.3 is 0 Å². The van der Waals surface area contributed by atoms with Crippen LogP contribution in [-0.4, -0.2) is 49.9 Å². The molecule has 0 bridgehead atoms. The third-order valence-electron chi connectivity index (χ3n) is 4.53. The van der Waals surface area contributed by atoms with Crippen LogP contribution >= 0.6 is 27.3 Å². The van der Waals surface area contributed by atoms with E-state index >= 15 is 0 Å². The number of nitrogens with zero attached hydrogens (tertiary/aromatic N) is 4. The van der Waals surface area contributed by atoms with Crippen molar-refractivity contribution in [1.29, 1.82) is 0 Å². The van der Waals surface area contributed by atoms with Gasteiger partial charge < -0.3 is 9.84 Å². The first-order valence-corrected chi connectivity index (χ1v) is 10.2. The molecule has 0 radical (unpaired) electrons. The van der Waals surface area contributed by atoms with Gasteiger partial charge in [-0.2, -0.15) is 4.52 Å². The quantitative estimate of drug-likeness (QED) is 0.676. The Morgan fingerprint density at radius 3 is 2.69 bits per heavy atom. The van der Waals surface area contributed by atoms with Gasteiger partial charge in [0.1, 0.15) is 5.82 Å². The number of rotatable bonds is 3. The average Bonchev–Trinajstić information content (AvgIpc) is 3.05. The molecular weight excluding hydrogens is 416 g/mol. The van der Waals surface area contributed by atoms with Crippen molar-refractivity contribution in [2.24, 2.45) is 0 Å². The Kier molecular flexibility index (Phi) is 4.77. The fourth-order valence-electron chi connectivity index (χ4n) is 3.66. The number of halogens is 1. The second-order valence-corrected chi connectivity index (χ2v) is 8.74. The molecule has 1 fully saturated rings. The van der Waals surface area contributed by atoms with Crippen LogP contribution in [0, 0.1) is 6.92 Å². The summed E-state index contributed by atoms with van der Waals surface area (Å²) < 4.78 is 8.47. The van der Waals surface area contributed by atoms with Gasteiger partial charge in [0.25, 0.3) is 0 Å². The highest BCUT2D eigenvalue weighted by atomic mass is 79.9. The number of hydrogen-bond donors (Lipinski definition) is 1. The zero-order chi connectivity index (χ0) is 18.4. The van der Waals surface area contributed by atoms with Gasteiger partial charge in [-0.05, 0) is 38.5 Å². The monoisotopic (exact) mass is 436 g/mol. The molecule has 0 unspecified atom stereocenters. The normalized spacial score (nSPS) is 22.8. The second kappa shape index (κ2) is 6.92. The number of aromatic hydroxyl groups is 1. The van der Waals surface area contributed by atoms with Gasteiger partial charge in [-0.1, -0.05) is 39.4 Å². The zero-order valence-electron chi connectivity index (χ0n) is 14.9. The molecule has 26 heavy (non-hydrogen) atoms. The van der Waals surface area contributed by atoms with Crippen LogP contribution in [0.25, 0.3) is 4.96 Å². The molecule has 1 aliphatic heterocycles. The SMILES string of the molecule is Cc1nc2sc([C@@H](c3cccc(Br)c3)N3C[C@@H](C)O[C@H](C)C3)c(O)n2n1. The fourth-order valence-corrected chi connectivity index (χ4v) is 5.24. The van der Waals surface area contributed by atoms with E-state index in [4.69, 9.17) is 4.74 Å². The first kappa shape index (κ1) is 17.9. The number of hydrogen-bond acceptors (Lipinski definition) is 6. The van der Waals surface area contributed by atoms with Crippen molar-refractivity contribution < 1.29 is 9.84 Å². The molecule has 0 amide bonds. The molecule has 2 aromatic heterocycles. The van der Waals surface area contributed by atoms with Crippen molar-refractivity contribution in [2.75, 3.05) is 13.1 Å². The Morgan fingerprint density at radius 1 is 1.31 bits per heavy atom. The molecule has 0 aliphatic carbocycles. The van der Waals surface area contributed by atoms with Gasteiger partial charge in [-0.25, -0.2) is 4.98 Å². The summed E-state index contributed by atoms with van der Waals surface area (Å²) in [7, 11) is 0. The fraction of sp³-hybridized carbons (Fsp3) is 0.444. The maximum absolute atomic E-state index is 10.9. The highest BCUT2D eigenvalue weighted by Gasteiger charge is 2.34. The van der Waals surface area contributed by atoms with E-state index in [-0.39, 0.29) is 24.1 Å². The van der Waals surface area contributed by atoms with E-state index in [0.29, 0.717) is 10.8 Å². The predicted octanol–water partition coefficient (Wildman–Crippen LogP) is 3.77. The largest absolute Gasteiger partial charge is 0.492 e. The lowest BCUT2D eigenvalue weighted by atomic mass is 10.0. The summed E-state index contributed by atoms with van der Waals surface area (Å²) in [6, 6.07) is 8.17. The Balaban J connectivity index is 1.84. The van der Waals surface area contributed by atoms with E-state index in [2.05, 4.69) is 56.9 Å². The third kappa shape index (κ3) is 3.26. The van der Waals surface area contributed by atoms with Gasteiger partial charge in [0.2, 0.25) is 10.8 Å². The first-order chi connectivity index (χ1) is 12.4. The second-order valence-electron chi connectivity index (χ2n) is 6.81. The molecule has 3 heterocycles. The van der Waals surface area contributed by atoms with Crippen LogP contribution in [0.5, 0.6) is 5.88 Å². The third-order valence-corrected chi connectivity index (χ3v) is 6.10. The summed E-state index contributed by atoms with van der Waals surface area (Å²) >= 11 is 5.06. The number of fused-ring (bicyclic) bond motifs is 1. The van der Waals surface area contributed by atoms with Crippen LogP contribution in [-0.2, 0) is 4.74 Å². The summed E-state index contributed by atoms with van der Waals surface area (Å²) in [4.78, 5) is 8.37. The standard InChI is InChI=1S/C18H21BrN4O2S/c1-10-8-22(9-11(2)25-10)15(13-5-4-6-14(19)7-13)16-17(24)23-18(26-16)20-12(3)21-23/h4-7,10-11,15,24H,8-9H2,1-3H3/t10-,11-,15-/m1/s1. The Labute approximate surface area is 164 Å². The molecule has 1 saturated heterocycles. The Morgan fingerprint density at radius 2 is 2.04 bits per heavy atom. The summed E-state index contributed by atoms with van der Waals surface area (Å²) in [5.74, 6) is 0.827. The summed E-state index contributed by atoms with van der Waals surface area (Å²) in [6.07, 6.45) is 0.278. The van der Waals surface area contributed by atoms with E-state index < -0.39 is 0 Å². The highest BCUT2D eigenvalue weighted by molar-refractivity contribution is 9.10. The molecule has 1 aromatic carbocycles. The van der Waals surface area contributed by atoms with Crippen LogP contribution in [0.4, 0.5) is 0 Å². The highest BCUT2D eigenvalue weighted by Crippen LogP contribution is 2.41. The maximum Gasteiger partial charge on any atom is 0.230 e. The lowest BCUT2D eigenvalue weighted by molar-refractivity contribution is -0.0764. The molecule has 3 aromatic rings. The van der Waals surface area contributed by atoms with Gasteiger partial charge in [-0.15, -0.1) is 5.10 Å². The van der Waals surface area contributed by atoms with Gasteiger partial charge in [0, 0.05) is 17.6 Å². The zero-order valence-corrected chi connectivity index (χ0v) is 17.3. The summed E-state index contributed by atoms with van der Waals surface area (Å²) in [5, 5.41) is 15.2. The van der Waals surface area contributed by atoms with Crippen molar-refractivity contribution in [2.45, 2.75) is 39.0 Å². The molecule has 6 nitrogen and oxygen atoms in total. The molecule has 0 spiro atoms. The van der Waals surface area contributed by atoms with Crippen LogP contribution in [0.1, 0.15) is 36.2 Å². The summed E-state index contributed by atoms with van der Waals surface area (Å²) in [5.41, 5.74) is 1.12. The minimum absolute atomic E-state index is 0.0740. The molecule has 3 atom stereocenters. The van der Waals surface area contributed by atoms with E-state index in [1.165, 1.54) is 15.9 Å². The van der Waals surface area contributed by atoms with Crippen molar-refractivity contribution in [3.63, 3.8) is 0 Å². The average molecular weight is 437 g/mol. The molecule has 0 saturated carbocycles. The molecule has 4 rings (SSSR count). The van der Waals surface area contributed by atoms with Gasteiger partial charge in [0.05, 0.1) is 23.1 Å². The topological polar surface area (TPSA) is 62.9 Å². The molecule has 1 aliphatic rings. The van der Waals surface area contributed by atoms with Crippen molar-refractivity contribution in [1.82, 2.24) is 19.5 Å². The first-order valence-electron chi connectivity index (χ1n) is 8.62. The van der Waals surface area contributed by atoms with E-state index in [0.717, 1.165) is 28.0 Å².